The van der Waals surface area contributed by atoms with Crippen LogP contribution in [-0.2, 0) is 17.8 Å². The summed E-state index contributed by atoms with van der Waals surface area (Å²) in [7, 11) is 0. The molecule has 0 aliphatic carbocycles. The van der Waals surface area contributed by atoms with Gasteiger partial charge in [-0.3, -0.25) is 4.79 Å². The summed E-state index contributed by atoms with van der Waals surface area (Å²) in [6.07, 6.45) is 1.26. The van der Waals surface area contributed by atoms with Gasteiger partial charge in [-0.25, -0.2) is 4.98 Å². The standard InChI is InChI=1S/C15H17N3O2/c1-10-13(17-9-16-10)6-15(20)18-7-11-4-2-3-5-12(11)14(19)8-18/h2-5,9,14,19H,6-8H2,1H3,(H,16,17). The van der Waals surface area contributed by atoms with Crippen LogP contribution in [0.4, 0.5) is 0 Å². The number of aromatic nitrogens is 2. The highest BCUT2D eigenvalue weighted by molar-refractivity contribution is 5.79. The third-order valence-corrected chi connectivity index (χ3v) is 3.77. The Morgan fingerprint density at radius 3 is 3.05 bits per heavy atom. The van der Waals surface area contributed by atoms with Gasteiger partial charge in [-0.15, -0.1) is 0 Å². The van der Waals surface area contributed by atoms with Gasteiger partial charge in [-0.2, -0.15) is 0 Å². The molecule has 0 fully saturated rings. The second kappa shape index (κ2) is 5.09. The number of imidazole rings is 1. The molecule has 20 heavy (non-hydrogen) atoms. The Bertz CT molecular complexity index is 636. The normalized spacial score (nSPS) is 17.9. The first-order valence-corrected chi connectivity index (χ1v) is 6.67. The van der Waals surface area contributed by atoms with Gasteiger partial charge in [0, 0.05) is 12.2 Å². The van der Waals surface area contributed by atoms with Crippen LogP contribution in [0.1, 0.15) is 28.6 Å². The molecule has 0 bridgehead atoms. The zero-order chi connectivity index (χ0) is 14.1. The number of nitrogens with zero attached hydrogens (tertiary/aromatic N) is 2. The summed E-state index contributed by atoms with van der Waals surface area (Å²) in [5, 5.41) is 10.1. The van der Waals surface area contributed by atoms with E-state index in [1.54, 1.807) is 11.2 Å². The van der Waals surface area contributed by atoms with Crippen molar-refractivity contribution < 1.29 is 9.90 Å². The lowest BCUT2D eigenvalue weighted by Gasteiger charge is -2.32. The van der Waals surface area contributed by atoms with Gasteiger partial charge < -0.3 is 15.0 Å². The fraction of sp³-hybridized carbons (Fsp3) is 0.333. The molecule has 2 N–H and O–H groups in total. The highest BCUT2D eigenvalue weighted by Crippen LogP contribution is 2.26. The Morgan fingerprint density at radius 2 is 2.30 bits per heavy atom. The lowest BCUT2D eigenvalue weighted by Crippen LogP contribution is -2.39. The van der Waals surface area contributed by atoms with Crippen molar-refractivity contribution in [3.05, 3.63) is 53.1 Å². The van der Waals surface area contributed by atoms with Crippen molar-refractivity contribution in [3.8, 4) is 0 Å². The number of β-amino-alcohol motifs (C(OH)–C–C–N with tert-alkyl or cyclic N) is 1. The number of aromatic amines is 1. The summed E-state index contributed by atoms with van der Waals surface area (Å²) in [6, 6.07) is 7.71. The molecule has 1 aliphatic heterocycles. The Kier molecular flexibility index (Phi) is 3.28. The molecule has 1 amide bonds. The van der Waals surface area contributed by atoms with Crippen molar-refractivity contribution in [2.75, 3.05) is 6.54 Å². The van der Waals surface area contributed by atoms with Crippen molar-refractivity contribution in [2.24, 2.45) is 0 Å². The molecule has 0 radical (unpaired) electrons. The molecule has 3 rings (SSSR count). The third kappa shape index (κ3) is 2.32. The first-order chi connectivity index (χ1) is 9.65. The number of benzene rings is 1. The number of carbonyl (C=O) groups excluding carboxylic acids is 1. The Balaban J connectivity index is 1.76. The predicted molar refractivity (Wildman–Crippen MR) is 73.8 cm³/mol. The zero-order valence-electron chi connectivity index (χ0n) is 11.3. The lowest BCUT2D eigenvalue weighted by atomic mass is 9.97. The number of hydrogen-bond acceptors (Lipinski definition) is 3. The minimum absolute atomic E-state index is 0.00578. The molecule has 2 heterocycles. The highest BCUT2D eigenvalue weighted by Gasteiger charge is 2.26. The van der Waals surface area contributed by atoms with E-state index in [0.717, 1.165) is 22.5 Å². The van der Waals surface area contributed by atoms with Crippen LogP contribution >= 0.6 is 0 Å². The van der Waals surface area contributed by atoms with Crippen LogP contribution in [0.2, 0.25) is 0 Å². The van der Waals surface area contributed by atoms with Crippen molar-refractivity contribution in [2.45, 2.75) is 26.0 Å². The third-order valence-electron chi connectivity index (χ3n) is 3.77. The van der Waals surface area contributed by atoms with E-state index in [4.69, 9.17) is 0 Å². The predicted octanol–water partition coefficient (Wildman–Crippen LogP) is 1.34. The minimum Gasteiger partial charge on any atom is -0.387 e. The maximum Gasteiger partial charge on any atom is 0.229 e. The number of carbonyl (C=O) groups is 1. The Labute approximate surface area is 117 Å². The van der Waals surface area contributed by atoms with Crippen LogP contribution in [0, 0.1) is 6.92 Å². The van der Waals surface area contributed by atoms with Crippen molar-refractivity contribution >= 4 is 5.91 Å². The number of fused-ring (bicyclic) bond motifs is 1. The molecular weight excluding hydrogens is 254 g/mol. The molecule has 5 nitrogen and oxygen atoms in total. The van der Waals surface area contributed by atoms with Gasteiger partial charge in [-0.1, -0.05) is 24.3 Å². The lowest BCUT2D eigenvalue weighted by molar-refractivity contribution is -0.133. The molecule has 1 atom stereocenters. The van der Waals surface area contributed by atoms with E-state index in [2.05, 4.69) is 9.97 Å². The van der Waals surface area contributed by atoms with Crippen LogP contribution in [0.3, 0.4) is 0 Å². The second-order valence-corrected chi connectivity index (χ2v) is 5.14. The van der Waals surface area contributed by atoms with Gasteiger partial charge in [-0.05, 0) is 18.1 Å². The van der Waals surface area contributed by atoms with E-state index in [9.17, 15) is 9.90 Å². The molecule has 1 aromatic heterocycles. The van der Waals surface area contributed by atoms with Gasteiger partial charge in [0.1, 0.15) is 0 Å². The molecule has 2 aromatic rings. The van der Waals surface area contributed by atoms with Crippen molar-refractivity contribution in [1.29, 1.82) is 0 Å². The molecule has 0 saturated carbocycles. The van der Waals surface area contributed by atoms with E-state index in [0.29, 0.717) is 13.1 Å². The number of aryl methyl sites for hydroxylation is 1. The molecule has 1 unspecified atom stereocenters. The largest absolute Gasteiger partial charge is 0.387 e. The van der Waals surface area contributed by atoms with E-state index >= 15 is 0 Å². The van der Waals surface area contributed by atoms with Gasteiger partial charge in [0.05, 0.1) is 31.1 Å². The van der Waals surface area contributed by atoms with E-state index in [1.807, 2.05) is 31.2 Å². The highest BCUT2D eigenvalue weighted by atomic mass is 16.3. The summed E-state index contributed by atoms with van der Waals surface area (Å²) >= 11 is 0. The molecule has 104 valence electrons. The van der Waals surface area contributed by atoms with Crippen LogP contribution in [0.5, 0.6) is 0 Å². The topological polar surface area (TPSA) is 69.2 Å². The Morgan fingerprint density at radius 1 is 1.50 bits per heavy atom. The van der Waals surface area contributed by atoms with Gasteiger partial charge in [0.2, 0.25) is 5.91 Å². The number of aliphatic hydroxyl groups excluding tert-OH is 1. The summed E-state index contributed by atoms with van der Waals surface area (Å²) in [5.41, 5.74) is 3.62. The zero-order valence-corrected chi connectivity index (χ0v) is 11.3. The molecule has 1 aromatic carbocycles. The van der Waals surface area contributed by atoms with E-state index in [-0.39, 0.29) is 12.3 Å². The number of rotatable bonds is 2. The average Bonchev–Trinajstić information content (AvgIpc) is 2.84. The van der Waals surface area contributed by atoms with E-state index < -0.39 is 6.10 Å². The van der Waals surface area contributed by atoms with Crippen LogP contribution in [0.15, 0.2) is 30.6 Å². The minimum atomic E-state index is -0.607. The quantitative estimate of drug-likeness (QED) is 0.866. The summed E-state index contributed by atoms with van der Waals surface area (Å²) in [4.78, 5) is 21.1. The number of nitrogens with one attached hydrogen (secondary N) is 1. The number of hydrogen-bond donors (Lipinski definition) is 2. The smallest absolute Gasteiger partial charge is 0.229 e. The Hall–Kier alpha value is -2.14. The first-order valence-electron chi connectivity index (χ1n) is 6.67. The fourth-order valence-corrected chi connectivity index (χ4v) is 2.59. The average molecular weight is 271 g/mol. The van der Waals surface area contributed by atoms with Crippen molar-refractivity contribution in [3.63, 3.8) is 0 Å². The summed E-state index contributed by atoms with van der Waals surface area (Å²) in [6.45, 7) is 2.80. The number of aliphatic hydroxyl groups is 1. The van der Waals surface area contributed by atoms with Gasteiger partial charge >= 0.3 is 0 Å². The molecular formula is C15H17N3O2. The molecule has 5 heteroatoms. The van der Waals surface area contributed by atoms with Crippen molar-refractivity contribution in [1.82, 2.24) is 14.9 Å². The monoisotopic (exact) mass is 271 g/mol. The van der Waals surface area contributed by atoms with Crippen LogP contribution < -0.4 is 0 Å². The first kappa shape index (κ1) is 12.9. The SMILES string of the molecule is Cc1[nH]cnc1CC(=O)N1Cc2ccccc2C(O)C1. The fourth-order valence-electron chi connectivity index (χ4n) is 2.59. The van der Waals surface area contributed by atoms with E-state index in [1.165, 1.54) is 0 Å². The number of H-pyrrole nitrogens is 1. The molecule has 0 saturated heterocycles. The van der Waals surface area contributed by atoms with Crippen LogP contribution in [-0.4, -0.2) is 32.4 Å². The second-order valence-electron chi connectivity index (χ2n) is 5.14. The van der Waals surface area contributed by atoms with Crippen LogP contribution in [0.25, 0.3) is 0 Å². The van der Waals surface area contributed by atoms with Gasteiger partial charge in [0.15, 0.2) is 0 Å². The number of amides is 1. The van der Waals surface area contributed by atoms with Gasteiger partial charge in [0.25, 0.3) is 0 Å². The molecule has 1 aliphatic rings. The maximum atomic E-state index is 12.3. The maximum absolute atomic E-state index is 12.3. The summed E-state index contributed by atoms with van der Waals surface area (Å²) in [5.74, 6) is -0.00578. The molecule has 0 spiro atoms. The summed E-state index contributed by atoms with van der Waals surface area (Å²) < 4.78 is 0.